The van der Waals surface area contributed by atoms with Crippen molar-refractivity contribution >= 4 is 11.8 Å². The Morgan fingerprint density at radius 3 is 2.62 bits per heavy atom. The van der Waals surface area contributed by atoms with E-state index in [9.17, 15) is 4.39 Å². The number of nitrogens with one attached hydrogen (secondary N) is 1. The lowest BCUT2D eigenvalue weighted by Crippen LogP contribution is -2.43. The maximum atomic E-state index is 13.9. The first-order chi connectivity index (χ1) is 9.97. The molecule has 0 bridgehead atoms. The average Bonchev–Trinajstić information content (AvgIpc) is 2.49. The van der Waals surface area contributed by atoms with Crippen molar-refractivity contribution in [3.63, 3.8) is 0 Å². The van der Waals surface area contributed by atoms with E-state index in [0.717, 1.165) is 10.8 Å². The molecule has 1 saturated carbocycles. The van der Waals surface area contributed by atoms with Gasteiger partial charge in [0.2, 0.25) is 0 Å². The highest BCUT2D eigenvalue weighted by molar-refractivity contribution is 8.00. The Morgan fingerprint density at radius 1 is 1.29 bits per heavy atom. The Bertz CT molecular complexity index is 460. The summed E-state index contributed by atoms with van der Waals surface area (Å²) in [6, 6.07) is 7.64. The van der Waals surface area contributed by atoms with Crippen molar-refractivity contribution in [2.45, 2.75) is 62.6 Å². The molecule has 0 aliphatic heterocycles. The van der Waals surface area contributed by atoms with E-state index < -0.39 is 0 Å². The van der Waals surface area contributed by atoms with Gasteiger partial charge >= 0.3 is 0 Å². The van der Waals surface area contributed by atoms with E-state index >= 15 is 0 Å². The lowest BCUT2D eigenvalue weighted by atomic mass is 9.68. The maximum Gasteiger partial charge on any atom is 0.136 e. The van der Waals surface area contributed by atoms with Gasteiger partial charge in [0.15, 0.2) is 0 Å². The van der Waals surface area contributed by atoms with Gasteiger partial charge in [-0.15, -0.1) is 11.8 Å². The third kappa shape index (κ3) is 4.01. The molecule has 3 atom stereocenters. The van der Waals surface area contributed by atoms with E-state index in [-0.39, 0.29) is 5.82 Å². The number of hydrogen-bond donors (Lipinski definition) is 1. The first-order valence-corrected chi connectivity index (χ1v) is 8.94. The van der Waals surface area contributed by atoms with Crippen LogP contribution in [0.1, 0.15) is 46.5 Å². The normalized spacial score (nSPS) is 26.8. The van der Waals surface area contributed by atoms with E-state index in [2.05, 4.69) is 26.1 Å². The zero-order valence-corrected chi connectivity index (χ0v) is 14.5. The minimum Gasteiger partial charge on any atom is -0.316 e. The van der Waals surface area contributed by atoms with Crippen LogP contribution in [0.5, 0.6) is 0 Å². The summed E-state index contributed by atoms with van der Waals surface area (Å²) in [6.07, 6.45) is 4.85. The Hall–Kier alpha value is -0.540. The van der Waals surface area contributed by atoms with Crippen molar-refractivity contribution in [3.8, 4) is 0 Å². The highest BCUT2D eigenvalue weighted by atomic mass is 32.2. The van der Waals surface area contributed by atoms with Crippen LogP contribution >= 0.6 is 11.8 Å². The summed E-state index contributed by atoms with van der Waals surface area (Å²) in [4.78, 5) is 0.790. The smallest absolute Gasteiger partial charge is 0.136 e. The van der Waals surface area contributed by atoms with Crippen LogP contribution < -0.4 is 5.32 Å². The molecule has 1 aliphatic carbocycles. The first-order valence-electron chi connectivity index (χ1n) is 8.06. The highest BCUT2D eigenvalue weighted by Gasteiger charge is 2.37. The van der Waals surface area contributed by atoms with Crippen molar-refractivity contribution in [2.24, 2.45) is 11.3 Å². The number of rotatable bonds is 5. The molecule has 1 nitrogen and oxygen atoms in total. The average molecular weight is 309 g/mol. The SMILES string of the molecule is CCC(C)(C)C1CCC(NC)C(Sc2ccccc2F)C1. The van der Waals surface area contributed by atoms with Gasteiger partial charge in [0, 0.05) is 16.2 Å². The fourth-order valence-corrected chi connectivity index (χ4v) is 4.72. The molecule has 0 heterocycles. The van der Waals surface area contributed by atoms with Crippen LogP contribution in [0.3, 0.4) is 0 Å². The van der Waals surface area contributed by atoms with Gasteiger partial charge in [-0.25, -0.2) is 4.39 Å². The summed E-state index contributed by atoms with van der Waals surface area (Å²) in [7, 11) is 2.03. The summed E-state index contributed by atoms with van der Waals surface area (Å²) in [6.45, 7) is 7.04. The molecule has 0 saturated heterocycles. The fraction of sp³-hybridized carbons (Fsp3) is 0.667. The third-order valence-electron chi connectivity index (χ3n) is 5.29. The molecule has 0 radical (unpaired) electrons. The van der Waals surface area contributed by atoms with Crippen molar-refractivity contribution in [3.05, 3.63) is 30.1 Å². The van der Waals surface area contributed by atoms with Gasteiger partial charge < -0.3 is 5.32 Å². The molecule has 3 unspecified atom stereocenters. The molecular formula is C18H28FNS. The first kappa shape index (κ1) is 16.8. The molecule has 1 aromatic rings. The van der Waals surface area contributed by atoms with E-state index in [0.29, 0.717) is 16.7 Å². The second kappa shape index (κ2) is 7.15. The molecule has 0 amide bonds. The van der Waals surface area contributed by atoms with Crippen LogP contribution in [0.15, 0.2) is 29.2 Å². The number of hydrogen-bond acceptors (Lipinski definition) is 2. The Morgan fingerprint density at radius 2 is 2.00 bits per heavy atom. The van der Waals surface area contributed by atoms with Crippen LogP contribution in [-0.2, 0) is 0 Å². The van der Waals surface area contributed by atoms with Crippen molar-refractivity contribution in [2.75, 3.05) is 7.05 Å². The molecule has 1 fully saturated rings. The van der Waals surface area contributed by atoms with Gasteiger partial charge in [-0.05, 0) is 49.8 Å². The van der Waals surface area contributed by atoms with Crippen LogP contribution in [-0.4, -0.2) is 18.3 Å². The van der Waals surface area contributed by atoms with Gasteiger partial charge in [-0.1, -0.05) is 39.3 Å². The summed E-state index contributed by atoms with van der Waals surface area (Å²) < 4.78 is 13.9. The van der Waals surface area contributed by atoms with Crippen LogP contribution in [0.25, 0.3) is 0 Å². The minimum atomic E-state index is -0.0887. The van der Waals surface area contributed by atoms with Crippen LogP contribution in [0.4, 0.5) is 4.39 Å². The maximum absolute atomic E-state index is 13.9. The Balaban J connectivity index is 2.12. The van der Waals surface area contributed by atoms with Gasteiger partial charge in [0.05, 0.1) is 0 Å². The molecule has 0 spiro atoms. The standard InChI is InChI=1S/C18H28FNS/c1-5-18(2,3)13-10-11-15(20-4)17(12-13)21-16-9-7-6-8-14(16)19/h6-9,13,15,17,20H,5,10-12H2,1-4H3. The van der Waals surface area contributed by atoms with Crippen LogP contribution in [0.2, 0.25) is 0 Å². The van der Waals surface area contributed by atoms with Crippen LogP contribution in [0, 0.1) is 17.2 Å². The largest absolute Gasteiger partial charge is 0.316 e. The van der Waals surface area contributed by atoms with E-state index in [4.69, 9.17) is 0 Å². The lowest BCUT2D eigenvalue weighted by Gasteiger charge is -2.43. The summed E-state index contributed by atoms with van der Waals surface area (Å²) in [5.74, 6) is 0.644. The summed E-state index contributed by atoms with van der Waals surface area (Å²) in [5.41, 5.74) is 0.382. The lowest BCUT2D eigenvalue weighted by molar-refractivity contribution is 0.142. The Kier molecular flexibility index (Phi) is 5.73. The number of halogens is 1. The van der Waals surface area contributed by atoms with Gasteiger partial charge in [0.25, 0.3) is 0 Å². The molecule has 3 heteroatoms. The second-order valence-corrected chi connectivity index (χ2v) is 8.12. The van der Waals surface area contributed by atoms with E-state index in [1.54, 1.807) is 23.9 Å². The predicted molar refractivity (Wildman–Crippen MR) is 90.3 cm³/mol. The molecule has 118 valence electrons. The van der Waals surface area contributed by atoms with E-state index in [1.165, 1.54) is 25.7 Å². The molecule has 1 aliphatic rings. The molecule has 21 heavy (non-hydrogen) atoms. The predicted octanol–water partition coefficient (Wildman–Crippen LogP) is 5.11. The Labute approximate surface area is 133 Å². The molecule has 1 N–H and O–H groups in total. The van der Waals surface area contributed by atoms with E-state index in [1.807, 2.05) is 19.2 Å². The monoisotopic (exact) mass is 309 g/mol. The third-order valence-corrected chi connectivity index (χ3v) is 6.70. The zero-order valence-electron chi connectivity index (χ0n) is 13.7. The minimum absolute atomic E-state index is 0.0887. The quantitative estimate of drug-likeness (QED) is 0.811. The molecule has 1 aromatic carbocycles. The van der Waals surface area contributed by atoms with Gasteiger partial charge in [-0.2, -0.15) is 0 Å². The van der Waals surface area contributed by atoms with Gasteiger partial charge in [0.1, 0.15) is 5.82 Å². The second-order valence-electron chi connectivity index (χ2n) is 6.83. The molecule has 2 rings (SSSR count). The molecular weight excluding hydrogens is 281 g/mol. The topological polar surface area (TPSA) is 12.0 Å². The van der Waals surface area contributed by atoms with Crippen molar-refractivity contribution in [1.29, 1.82) is 0 Å². The number of thioether (sulfide) groups is 1. The van der Waals surface area contributed by atoms with Crippen molar-refractivity contribution < 1.29 is 4.39 Å². The summed E-state index contributed by atoms with van der Waals surface area (Å²) >= 11 is 1.72. The van der Waals surface area contributed by atoms with Gasteiger partial charge in [-0.3, -0.25) is 0 Å². The summed E-state index contributed by atoms with van der Waals surface area (Å²) in [5, 5.41) is 3.90. The van der Waals surface area contributed by atoms with Crippen molar-refractivity contribution in [1.82, 2.24) is 5.32 Å². The molecule has 0 aromatic heterocycles. The number of benzene rings is 1. The fourth-order valence-electron chi connectivity index (χ4n) is 3.29. The highest BCUT2D eigenvalue weighted by Crippen LogP contribution is 2.45. The zero-order chi connectivity index (χ0) is 15.5.